The summed E-state index contributed by atoms with van der Waals surface area (Å²) < 4.78 is 32.6. The Hall–Kier alpha value is -2.98. The number of hydrazine groups is 1. The average Bonchev–Trinajstić information content (AvgIpc) is 3.71. The summed E-state index contributed by atoms with van der Waals surface area (Å²) in [6.45, 7) is 3.29. The van der Waals surface area contributed by atoms with Gasteiger partial charge in [-0.1, -0.05) is 11.8 Å². The van der Waals surface area contributed by atoms with Gasteiger partial charge in [0.05, 0.1) is 30.3 Å². The number of nitrogens with zero attached hydrogens (tertiary/aromatic N) is 3. The van der Waals surface area contributed by atoms with E-state index in [0.717, 1.165) is 38.8 Å². The molecule has 2 saturated carbocycles. The maximum atomic E-state index is 13.6. The van der Waals surface area contributed by atoms with Crippen molar-refractivity contribution in [1.29, 1.82) is 0 Å². The quantitative estimate of drug-likeness (QED) is 0.159. The van der Waals surface area contributed by atoms with E-state index in [1.165, 1.54) is 37.3 Å². The number of carbonyl (C=O) groups is 1. The number of aliphatic hydroxyl groups is 1. The van der Waals surface area contributed by atoms with Gasteiger partial charge in [-0.2, -0.15) is 0 Å². The molecule has 5 rings (SSSR count). The maximum Gasteiger partial charge on any atom is 0.280 e. The van der Waals surface area contributed by atoms with E-state index in [1.807, 2.05) is 6.92 Å². The Morgan fingerprint density at radius 3 is 2.62 bits per heavy atom. The van der Waals surface area contributed by atoms with E-state index >= 15 is 0 Å². The second-order valence-corrected chi connectivity index (χ2v) is 11.9. The van der Waals surface area contributed by atoms with Crippen LogP contribution in [0.1, 0.15) is 55.1 Å². The molecule has 0 aromatic carbocycles. The molecule has 2 aliphatic carbocycles. The summed E-state index contributed by atoms with van der Waals surface area (Å²) in [5.41, 5.74) is 3.28. The first-order valence-electron chi connectivity index (χ1n) is 12.9. The molecule has 0 bridgehead atoms. The zero-order chi connectivity index (χ0) is 27.7. The minimum absolute atomic E-state index is 0.0944. The summed E-state index contributed by atoms with van der Waals surface area (Å²) in [6.07, 6.45) is 3.36. The van der Waals surface area contributed by atoms with Crippen LogP contribution in [-0.2, 0) is 0 Å². The number of amides is 1. The van der Waals surface area contributed by atoms with Crippen LogP contribution < -0.4 is 26.2 Å². The van der Waals surface area contributed by atoms with E-state index in [0.29, 0.717) is 22.9 Å². The second-order valence-electron chi connectivity index (χ2n) is 10.5. The van der Waals surface area contributed by atoms with Crippen molar-refractivity contribution in [2.75, 3.05) is 25.1 Å². The Morgan fingerprint density at radius 2 is 2.00 bits per heavy atom. The number of aliphatic hydroxyl groups excluding tert-OH is 1. The van der Waals surface area contributed by atoms with E-state index in [9.17, 15) is 18.7 Å². The van der Waals surface area contributed by atoms with E-state index in [2.05, 4.69) is 37.5 Å². The minimum atomic E-state index is -2.79. The molecule has 3 fully saturated rings. The van der Waals surface area contributed by atoms with Crippen molar-refractivity contribution >= 4 is 23.5 Å². The number of anilines is 1. The monoisotopic (exact) mass is 558 g/mol. The lowest BCUT2D eigenvalue weighted by Gasteiger charge is -2.58. The number of methoxy groups -OCH3 is 1. The molecule has 5 N–H and O–H groups in total. The van der Waals surface area contributed by atoms with Crippen molar-refractivity contribution in [1.82, 2.24) is 20.7 Å². The molecule has 208 valence electrons. The summed E-state index contributed by atoms with van der Waals surface area (Å²) in [6, 6.07) is 2.98. The number of hydrogen-bond acceptors (Lipinski definition) is 9. The van der Waals surface area contributed by atoms with Gasteiger partial charge in [0.1, 0.15) is 22.6 Å². The lowest BCUT2D eigenvalue weighted by Crippen LogP contribution is -2.64. The van der Waals surface area contributed by atoms with Crippen molar-refractivity contribution in [3.8, 4) is 28.7 Å². The Balaban J connectivity index is 1.42. The number of alkyl halides is 2. The highest BCUT2D eigenvalue weighted by molar-refractivity contribution is 8.00. The number of carbonyl (C=O) groups excluding carboxylic acids is 1. The normalized spacial score (nSPS) is 19.5. The largest absolute Gasteiger partial charge is 0.494 e. The summed E-state index contributed by atoms with van der Waals surface area (Å²) in [5, 5.41) is 12.0. The predicted octanol–water partition coefficient (Wildman–Crippen LogP) is 3.06. The number of aromatic nitrogens is 2. The smallest absolute Gasteiger partial charge is 0.280 e. The molecule has 3 heterocycles. The van der Waals surface area contributed by atoms with Crippen molar-refractivity contribution in [3.05, 3.63) is 35.8 Å². The highest BCUT2D eigenvalue weighted by Crippen LogP contribution is 2.49. The van der Waals surface area contributed by atoms with Crippen molar-refractivity contribution in [2.24, 2.45) is 17.2 Å². The highest BCUT2D eigenvalue weighted by Gasteiger charge is 2.52. The number of halogens is 2. The van der Waals surface area contributed by atoms with Crippen LogP contribution in [0.4, 0.5) is 14.6 Å². The summed E-state index contributed by atoms with van der Waals surface area (Å²) in [4.78, 5) is 23.9. The van der Waals surface area contributed by atoms with Crippen LogP contribution in [0, 0.1) is 23.2 Å². The van der Waals surface area contributed by atoms with Gasteiger partial charge in [-0.05, 0) is 44.7 Å². The molecular formula is C27H32F2N6O3S. The fourth-order valence-corrected chi connectivity index (χ4v) is 5.93. The highest BCUT2D eigenvalue weighted by atomic mass is 32.2. The number of nitrogens with two attached hydrogens (primary N) is 1. The lowest BCUT2D eigenvalue weighted by atomic mass is 9.62. The first-order chi connectivity index (χ1) is 18.7. The number of ether oxygens (including phenoxy) is 1. The van der Waals surface area contributed by atoms with Gasteiger partial charge in [-0.25, -0.2) is 19.2 Å². The maximum absolute atomic E-state index is 13.6. The van der Waals surface area contributed by atoms with Gasteiger partial charge >= 0.3 is 0 Å². The Morgan fingerprint density at radius 1 is 1.26 bits per heavy atom. The molecule has 12 heteroatoms. The van der Waals surface area contributed by atoms with E-state index in [1.54, 1.807) is 6.07 Å². The fourth-order valence-electron chi connectivity index (χ4n) is 5.13. The standard InChI is InChI=1S/C27H32F2N6O3S/c1-15(39-24(34-30)6-5-16-3-4-16)33-26(37)20-11-32-23(35-13-27(14-35)9-17(36)10-27)8-18(20)19-7-21(25(28)29)31-12-22(19)38-2/h7-8,11-12,15-17,24-25,34,36H,3-4,9-10,13-14,30H2,1-2H3,(H,33,37). The van der Waals surface area contributed by atoms with Crippen molar-refractivity contribution in [2.45, 2.75) is 55.9 Å². The van der Waals surface area contributed by atoms with Gasteiger partial charge in [0.25, 0.3) is 12.3 Å². The Bertz CT molecular complexity index is 1280. The molecule has 1 amide bonds. The van der Waals surface area contributed by atoms with Gasteiger partial charge < -0.3 is 20.1 Å². The van der Waals surface area contributed by atoms with E-state index in [4.69, 9.17) is 10.6 Å². The third kappa shape index (κ3) is 6.11. The number of rotatable bonds is 9. The van der Waals surface area contributed by atoms with Crippen LogP contribution in [0.5, 0.6) is 5.75 Å². The molecule has 1 aliphatic heterocycles. The molecule has 2 aromatic rings. The molecule has 3 aliphatic rings. The van der Waals surface area contributed by atoms with Crippen LogP contribution in [-0.4, -0.2) is 58.0 Å². The molecule has 2 atom stereocenters. The topological polar surface area (TPSA) is 126 Å². The zero-order valence-electron chi connectivity index (χ0n) is 21.8. The first-order valence-corrected chi connectivity index (χ1v) is 13.8. The SMILES string of the molecule is COc1cnc(C(F)F)cc1-c1cc(N2CC3(CC(O)C3)C2)ncc1C(=O)NC(C)SC(C#CC1CC1)NN. The lowest BCUT2D eigenvalue weighted by molar-refractivity contribution is -0.0494. The molecule has 0 radical (unpaired) electrons. The molecular weight excluding hydrogens is 526 g/mol. The molecule has 2 unspecified atom stereocenters. The number of thioether (sulfide) groups is 1. The Kier molecular flexibility index (Phi) is 7.96. The van der Waals surface area contributed by atoms with Gasteiger partial charge in [-0.3, -0.25) is 15.6 Å². The molecule has 9 nitrogen and oxygen atoms in total. The zero-order valence-corrected chi connectivity index (χ0v) is 22.6. The number of hydrogen-bond donors (Lipinski definition) is 4. The summed E-state index contributed by atoms with van der Waals surface area (Å²) in [5.74, 6) is 12.8. The molecule has 2 aromatic heterocycles. The van der Waals surface area contributed by atoms with Crippen LogP contribution in [0.15, 0.2) is 24.5 Å². The van der Waals surface area contributed by atoms with Crippen molar-refractivity contribution in [3.63, 3.8) is 0 Å². The molecule has 39 heavy (non-hydrogen) atoms. The van der Waals surface area contributed by atoms with Gasteiger partial charge in [0.15, 0.2) is 0 Å². The minimum Gasteiger partial charge on any atom is -0.494 e. The molecule has 1 saturated heterocycles. The first kappa shape index (κ1) is 27.6. The van der Waals surface area contributed by atoms with Crippen LogP contribution in [0.25, 0.3) is 11.1 Å². The van der Waals surface area contributed by atoms with Crippen LogP contribution in [0.2, 0.25) is 0 Å². The fraction of sp³-hybridized carbons (Fsp3) is 0.519. The average molecular weight is 559 g/mol. The van der Waals surface area contributed by atoms with Crippen molar-refractivity contribution < 1.29 is 23.4 Å². The number of nitrogens with one attached hydrogen (secondary N) is 2. The van der Waals surface area contributed by atoms with E-state index < -0.39 is 18.0 Å². The van der Waals surface area contributed by atoms with Crippen LogP contribution >= 0.6 is 11.8 Å². The van der Waals surface area contributed by atoms with Gasteiger partial charge in [-0.15, -0.1) is 11.8 Å². The van der Waals surface area contributed by atoms with Gasteiger partial charge in [0, 0.05) is 41.7 Å². The summed E-state index contributed by atoms with van der Waals surface area (Å²) >= 11 is 1.36. The van der Waals surface area contributed by atoms with Crippen LogP contribution in [0.3, 0.4) is 0 Å². The van der Waals surface area contributed by atoms with E-state index in [-0.39, 0.29) is 33.6 Å². The Labute approximate surface area is 230 Å². The third-order valence-corrected chi connectivity index (χ3v) is 8.34. The summed E-state index contributed by atoms with van der Waals surface area (Å²) in [7, 11) is 1.42. The second kappa shape index (κ2) is 11.3. The number of pyridine rings is 2. The third-order valence-electron chi connectivity index (χ3n) is 7.29. The predicted molar refractivity (Wildman–Crippen MR) is 145 cm³/mol. The molecule has 1 spiro atoms. The van der Waals surface area contributed by atoms with Gasteiger partial charge in [0.2, 0.25) is 0 Å².